The minimum Gasteiger partial charge on any atom is -0.336 e. The maximum atomic E-state index is 4.34. The Hall–Kier alpha value is -0.730. The Kier molecular flexibility index (Phi) is 2.11. The van der Waals surface area contributed by atoms with E-state index < -0.39 is 0 Å². The highest BCUT2D eigenvalue weighted by Gasteiger charge is 2.37. The van der Waals surface area contributed by atoms with Gasteiger partial charge in [0.1, 0.15) is 12.5 Å². The third-order valence-corrected chi connectivity index (χ3v) is 4.04. The Balaban J connectivity index is 1.70. The van der Waals surface area contributed by atoms with Crippen LogP contribution in [0.15, 0.2) is 5.10 Å². The highest BCUT2D eigenvalue weighted by molar-refractivity contribution is 5.85. The summed E-state index contributed by atoms with van der Waals surface area (Å²) in [6.45, 7) is 0.969. The molecular weight excluding hydrogens is 174 g/mol. The third-order valence-electron chi connectivity index (χ3n) is 4.04. The molecule has 0 aromatic carbocycles. The van der Waals surface area contributed by atoms with E-state index in [0.717, 1.165) is 18.6 Å². The lowest BCUT2D eigenvalue weighted by atomic mass is 9.83. The molecule has 2 aliphatic heterocycles. The molecule has 0 amide bonds. The number of hydrogen-bond donors (Lipinski definition) is 1. The lowest BCUT2D eigenvalue weighted by Gasteiger charge is -2.32. The van der Waals surface area contributed by atoms with Gasteiger partial charge in [-0.1, -0.05) is 19.3 Å². The van der Waals surface area contributed by atoms with Crippen molar-refractivity contribution >= 4 is 5.84 Å². The predicted molar refractivity (Wildman–Crippen MR) is 56.9 cm³/mol. The summed E-state index contributed by atoms with van der Waals surface area (Å²) >= 11 is 0. The highest BCUT2D eigenvalue weighted by atomic mass is 15.5. The third kappa shape index (κ3) is 1.30. The highest BCUT2D eigenvalue weighted by Crippen LogP contribution is 2.35. The van der Waals surface area contributed by atoms with Crippen LogP contribution in [0.1, 0.15) is 44.9 Å². The van der Waals surface area contributed by atoms with Crippen molar-refractivity contribution in [3.8, 4) is 0 Å². The van der Waals surface area contributed by atoms with Gasteiger partial charge in [0.15, 0.2) is 0 Å². The van der Waals surface area contributed by atoms with E-state index in [1.165, 1.54) is 50.8 Å². The summed E-state index contributed by atoms with van der Waals surface area (Å²) in [6, 6.07) is 0.809. The smallest absolute Gasteiger partial charge is 0.126 e. The molecule has 78 valence electrons. The van der Waals surface area contributed by atoms with E-state index in [0.29, 0.717) is 0 Å². The Morgan fingerprint density at radius 1 is 1.14 bits per heavy atom. The first-order valence-electron chi connectivity index (χ1n) is 6.01. The van der Waals surface area contributed by atoms with Crippen LogP contribution in [0.3, 0.4) is 0 Å². The zero-order valence-electron chi connectivity index (χ0n) is 8.71. The molecule has 3 heteroatoms. The van der Waals surface area contributed by atoms with Gasteiger partial charge in [0.2, 0.25) is 0 Å². The molecule has 3 rings (SSSR count). The van der Waals surface area contributed by atoms with Crippen molar-refractivity contribution in [2.24, 2.45) is 11.0 Å². The molecular formula is C11H19N3. The van der Waals surface area contributed by atoms with Crippen molar-refractivity contribution in [1.82, 2.24) is 10.3 Å². The Labute approximate surface area is 85.5 Å². The fourth-order valence-electron chi connectivity index (χ4n) is 3.31. The van der Waals surface area contributed by atoms with E-state index in [1.54, 1.807) is 0 Å². The van der Waals surface area contributed by atoms with E-state index in [2.05, 4.69) is 15.4 Å². The summed E-state index contributed by atoms with van der Waals surface area (Å²) in [6.07, 6.45) is 9.83. The van der Waals surface area contributed by atoms with Crippen LogP contribution in [-0.4, -0.2) is 23.4 Å². The molecule has 3 nitrogen and oxygen atoms in total. The predicted octanol–water partition coefficient (Wildman–Crippen LogP) is 1.91. The van der Waals surface area contributed by atoms with Gasteiger partial charge in [0.05, 0.1) is 0 Å². The van der Waals surface area contributed by atoms with Gasteiger partial charge in [-0.15, -0.1) is 0 Å². The van der Waals surface area contributed by atoms with Gasteiger partial charge in [-0.05, 0) is 25.2 Å². The summed E-state index contributed by atoms with van der Waals surface area (Å²) in [5, 5.41) is 4.34. The van der Waals surface area contributed by atoms with Crippen LogP contribution in [0.5, 0.6) is 0 Å². The second-order valence-corrected chi connectivity index (χ2v) is 4.82. The van der Waals surface area contributed by atoms with Crippen molar-refractivity contribution in [2.75, 3.05) is 6.67 Å². The Bertz CT molecular complexity index is 243. The first-order chi connectivity index (χ1) is 6.95. The molecule has 2 fully saturated rings. The molecule has 1 aliphatic carbocycles. The molecule has 0 radical (unpaired) electrons. The monoisotopic (exact) mass is 193 g/mol. The van der Waals surface area contributed by atoms with Crippen molar-refractivity contribution in [2.45, 2.75) is 51.0 Å². The number of rotatable bonds is 1. The van der Waals surface area contributed by atoms with Gasteiger partial charge in [-0.3, -0.25) is 5.43 Å². The molecule has 0 aromatic heterocycles. The molecule has 1 saturated heterocycles. The first kappa shape index (κ1) is 8.57. The van der Waals surface area contributed by atoms with Crippen molar-refractivity contribution in [3.05, 3.63) is 0 Å². The second-order valence-electron chi connectivity index (χ2n) is 4.82. The molecule has 1 saturated carbocycles. The zero-order chi connectivity index (χ0) is 9.38. The van der Waals surface area contributed by atoms with Gasteiger partial charge in [-0.2, -0.15) is 5.10 Å². The quantitative estimate of drug-likeness (QED) is 0.689. The zero-order valence-corrected chi connectivity index (χ0v) is 8.71. The van der Waals surface area contributed by atoms with E-state index in [-0.39, 0.29) is 0 Å². The molecule has 0 spiro atoms. The summed E-state index contributed by atoms with van der Waals surface area (Å²) in [5.74, 6) is 2.27. The Morgan fingerprint density at radius 3 is 2.86 bits per heavy atom. The van der Waals surface area contributed by atoms with Crippen molar-refractivity contribution in [1.29, 1.82) is 0 Å². The second kappa shape index (κ2) is 3.44. The van der Waals surface area contributed by atoms with Crippen molar-refractivity contribution < 1.29 is 0 Å². The van der Waals surface area contributed by atoms with Crippen LogP contribution in [-0.2, 0) is 0 Å². The summed E-state index contributed by atoms with van der Waals surface area (Å²) in [5.41, 5.74) is 3.11. The molecule has 0 aromatic rings. The van der Waals surface area contributed by atoms with Gasteiger partial charge >= 0.3 is 0 Å². The molecule has 0 bridgehead atoms. The summed E-state index contributed by atoms with van der Waals surface area (Å²) in [4.78, 5) is 2.51. The van der Waals surface area contributed by atoms with E-state index in [9.17, 15) is 0 Å². The first-order valence-corrected chi connectivity index (χ1v) is 6.01. The summed E-state index contributed by atoms with van der Waals surface area (Å²) in [7, 11) is 0. The van der Waals surface area contributed by atoms with E-state index in [4.69, 9.17) is 0 Å². The summed E-state index contributed by atoms with van der Waals surface area (Å²) < 4.78 is 0. The van der Waals surface area contributed by atoms with E-state index in [1.807, 2.05) is 0 Å². The molecule has 1 atom stereocenters. The molecule has 14 heavy (non-hydrogen) atoms. The van der Waals surface area contributed by atoms with E-state index >= 15 is 0 Å². The fourth-order valence-corrected chi connectivity index (χ4v) is 3.31. The minimum atomic E-state index is 0.809. The number of fused-ring (bicyclic) bond motifs is 1. The van der Waals surface area contributed by atoms with Crippen LogP contribution >= 0.6 is 0 Å². The number of hydrazone groups is 1. The lowest BCUT2D eigenvalue weighted by Crippen LogP contribution is -2.38. The molecule has 2 heterocycles. The average Bonchev–Trinajstić information content (AvgIpc) is 2.79. The Morgan fingerprint density at radius 2 is 2.00 bits per heavy atom. The number of nitrogens with one attached hydrogen (secondary N) is 1. The van der Waals surface area contributed by atoms with Gasteiger partial charge in [0.25, 0.3) is 0 Å². The van der Waals surface area contributed by atoms with Crippen molar-refractivity contribution in [3.63, 3.8) is 0 Å². The lowest BCUT2D eigenvalue weighted by molar-refractivity contribution is 0.198. The molecule has 3 aliphatic rings. The van der Waals surface area contributed by atoms with Crippen LogP contribution < -0.4 is 5.43 Å². The minimum absolute atomic E-state index is 0.809. The van der Waals surface area contributed by atoms with Gasteiger partial charge < -0.3 is 4.90 Å². The van der Waals surface area contributed by atoms with Gasteiger partial charge in [0, 0.05) is 12.5 Å². The largest absolute Gasteiger partial charge is 0.336 e. The normalized spacial score (nSPS) is 32.7. The number of amidine groups is 1. The standard InChI is InChI=1S/C11H19N3/c1-2-4-9(5-3-1)10-6-7-11-13-12-8-14(10)11/h9-10,12H,1-8H2. The van der Waals surface area contributed by atoms with Gasteiger partial charge in [-0.25, -0.2) is 0 Å². The van der Waals surface area contributed by atoms with Crippen LogP contribution in [0, 0.1) is 5.92 Å². The molecule has 1 unspecified atom stereocenters. The molecule has 1 N–H and O–H groups in total. The SMILES string of the molecule is C1CCC(C2CCC3=NNCN32)CC1. The topological polar surface area (TPSA) is 27.6 Å². The number of hydrogen-bond acceptors (Lipinski definition) is 3. The maximum absolute atomic E-state index is 4.34. The average molecular weight is 193 g/mol. The van der Waals surface area contributed by atoms with Crippen LogP contribution in [0.4, 0.5) is 0 Å². The number of nitrogens with zero attached hydrogens (tertiary/aromatic N) is 2. The maximum Gasteiger partial charge on any atom is 0.126 e. The van der Waals surface area contributed by atoms with Crippen LogP contribution in [0.2, 0.25) is 0 Å². The fraction of sp³-hybridized carbons (Fsp3) is 0.909. The van der Waals surface area contributed by atoms with Crippen LogP contribution in [0.25, 0.3) is 0 Å².